The normalized spacial score (nSPS) is 18.5. The fraction of sp³-hybridized carbons (Fsp3) is 0.520. The van der Waals surface area contributed by atoms with Gasteiger partial charge < -0.3 is 14.2 Å². The van der Waals surface area contributed by atoms with Crippen molar-refractivity contribution >= 4 is 11.7 Å². The molecule has 1 amide bonds. The highest BCUT2D eigenvalue weighted by Gasteiger charge is 2.45. The van der Waals surface area contributed by atoms with Crippen molar-refractivity contribution in [3.05, 3.63) is 53.1 Å². The zero-order valence-electron chi connectivity index (χ0n) is 19.6. The van der Waals surface area contributed by atoms with Crippen LogP contribution in [0.2, 0.25) is 0 Å². The molecule has 0 unspecified atom stereocenters. The van der Waals surface area contributed by atoms with Crippen LogP contribution in [0.25, 0.3) is 0 Å². The molecule has 0 N–H and O–H groups in total. The average Bonchev–Trinajstić information content (AvgIpc) is 3.20. The van der Waals surface area contributed by atoms with E-state index in [1.54, 1.807) is 11.0 Å². The number of benzene rings is 1. The lowest BCUT2D eigenvalue weighted by molar-refractivity contribution is 0.0125. The molecule has 7 heteroatoms. The number of rotatable bonds is 3. The summed E-state index contributed by atoms with van der Waals surface area (Å²) in [7, 11) is 3.58. The number of piperidine rings is 1. The van der Waals surface area contributed by atoms with Crippen LogP contribution in [0.5, 0.6) is 5.75 Å². The largest absolute Gasteiger partial charge is 0.497 e. The molecule has 1 fully saturated rings. The zero-order valence-corrected chi connectivity index (χ0v) is 19.6. The maximum Gasteiger partial charge on any atom is 0.256 e. The van der Waals surface area contributed by atoms with Crippen molar-refractivity contribution in [2.75, 3.05) is 33.8 Å². The van der Waals surface area contributed by atoms with E-state index in [1.807, 2.05) is 26.8 Å². The number of halogens is 1. The number of hydrogen-bond acceptors (Lipinski definition) is 4. The monoisotopic (exact) mass is 441 g/mol. The molecule has 1 aromatic heterocycles. The number of methoxy groups -OCH3 is 1. The molecular formula is C25H32FN3O3. The number of ketones is 1. The van der Waals surface area contributed by atoms with Gasteiger partial charge in [-0.3, -0.25) is 14.5 Å². The minimum absolute atomic E-state index is 0.0696. The van der Waals surface area contributed by atoms with Gasteiger partial charge in [0.1, 0.15) is 11.6 Å². The van der Waals surface area contributed by atoms with Crippen molar-refractivity contribution in [2.24, 2.45) is 5.41 Å². The number of Topliss-reactive ketones (excluding diaryl/α,β-unsaturated/α-hetero) is 1. The Balaban J connectivity index is 1.57. The fourth-order valence-corrected chi connectivity index (χ4v) is 5.04. The van der Waals surface area contributed by atoms with E-state index in [-0.39, 0.29) is 22.8 Å². The number of amides is 1. The third-order valence-corrected chi connectivity index (χ3v) is 7.05. The summed E-state index contributed by atoms with van der Waals surface area (Å²) in [6.45, 7) is 8.52. The predicted octanol–water partition coefficient (Wildman–Crippen LogP) is 3.94. The Bertz CT molecular complexity index is 1050. The maximum absolute atomic E-state index is 14.5. The van der Waals surface area contributed by atoms with Crippen LogP contribution >= 0.6 is 0 Å². The van der Waals surface area contributed by atoms with Gasteiger partial charge in [-0.15, -0.1) is 0 Å². The summed E-state index contributed by atoms with van der Waals surface area (Å²) >= 11 is 0. The van der Waals surface area contributed by atoms with Gasteiger partial charge in [-0.2, -0.15) is 0 Å². The number of hydrogen-bond donors (Lipinski definition) is 0. The van der Waals surface area contributed by atoms with Crippen molar-refractivity contribution in [1.82, 2.24) is 14.4 Å². The molecule has 2 aliphatic rings. The molecule has 0 saturated carbocycles. The third-order valence-electron chi connectivity index (χ3n) is 7.05. The van der Waals surface area contributed by atoms with Crippen molar-refractivity contribution in [3.8, 4) is 5.75 Å². The second kappa shape index (κ2) is 8.03. The van der Waals surface area contributed by atoms with E-state index in [1.165, 1.54) is 19.2 Å². The molecule has 3 heterocycles. The van der Waals surface area contributed by atoms with Gasteiger partial charge >= 0.3 is 0 Å². The molecule has 32 heavy (non-hydrogen) atoms. The average molecular weight is 442 g/mol. The van der Waals surface area contributed by atoms with Crippen LogP contribution in [0.4, 0.5) is 4.39 Å². The van der Waals surface area contributed by atoms with Crippen LogP contribution in [-0.2, 0) is 12.1 Å². The van der Waals surface area contributed by atoms with E-state index in [2.05, 4.69) is 22.6 Å². The lowest BCUT2D eigenvalue weighted by Gasteiger charge is -2.50. The minimum Gasteiger partial charge on any atom is -0.497 e. The molecule has 6 nitrogen and oxygen atoms in total. The molecule has 1 spiro atoms. The predicted molar refractivity (Wildman–Crippen MR) is 121 cm³/mol. The first kappa shape index (κ1) is 22.5. The Labute approximate surface area is 188 Å². The van der Waals surface area contributed by atoms with Crippen LogP contribution in [0.15, 0.2) is 30.3 Å². The Morgan fingerprint density at radius 2 is 1.72 bits per heavy atom. The van der Waals surface area contributed by atoms with Crippen molar-refractivity contribution in [3.63, 3.8) is 0 Å². The minimum atomic E-state index is -0.566. The molecule has 0 radical (unpaired) electrons. The molecule has 1 aromatic carbocycles. The molecule has 0 bridgehead atoms. The van der Waals surface area contributed by atoms with Gasteiger partial charge in [0.25, 0.3) is 5.91 Å². The Kier molecular flexibility index (Phi) is 5.65. The van der Waals surface area contributed by atoms with Gasteiger partial charge in [0.15, 0.2) is 5.78 Å². The molecule has 2 aliphatic heterocycles. The third kappa shape index (κ3) is 3.62. The highest BCUT2D eigenvalue weighted by molar-refractivity contribution is 5.98. The first-order valence-electron chi connectivity index (χ1n) is 11.2. The van der Waals surface area contributed by atoms with Crippen LogP contribution in [0.3, 0.4) is 0 Å². The lowest BCUT2D eigenvalue weighted by atomic mass is 9.81. The first-order valence-corrected chi connectivity index (χ1v) is 11.2. The number of carbonyl (C=O) groups excluding carboxylic acids is 2. The first-order chi connectivity index (χ1) is 15.1. The lowest BCUT2D eigenvalue weighted by Crippen LogP contribution is -2.56. The van der Waals surface area contributed by atoms with Crippen LogP contribution in [0.1, 0.15) is 60.2 Å². The number of nitrogens with zero attached hydrogens (tertiary/aromatic N) is 3. The number of likely N-dealkylation sites (tertiary alicyclic amines) is 1. The Morgan fingerprint density at radius 1 is 1.03 bits per heavy atom. The molecule has 0 aliphatic carbocycles. The van der Waals surface area contributed by atoms with Gasteiger partial charge in [-0.1, -0.05) is 20.8 Å². The maximum atomic E-state index is 14.5. The van der Waals surface area contributed by atoms with Gasteiger partial charge in [-0.05, 0) is 44.2 Å². The van der Waals surface area contributed by atoms with E-state index >= 15 is 0 Å². The second-order valence-electron chi connectivity index (χ2n) is 9.93. The highest BCUT2D eigenvalue weighted by Crippen LogP contribution is 2.42. The number of aromatic nitrogens is 1. The molecular weight excluding hydrogens is 409 g/mol. The van der Waals surface area contributed by atoms with E-state index < -0.39 is 11.2 Å². The number of carbonyl (C=O) groups is 2. The van der Waals surface area contributed by atoms with Crippen LogP contribution < -0.4 is 4.74 Å². The van der Waals surface area contributed by atoms with E-state index in [9.17, 15) is 14.0 Å². The highest BCUT2D eigenvalue weighted by atomic mass is 19.1. The zero-order chi connectivity index (χ0) is 23.3. The standard InChI is InChI=1S/C25H32FN3O3/c1-24(2,3)22(30)20-8-9-21-25(27(4)14-15-29(20)21)10-12-28(13-11-25)23(31)18-7-6-17(32-5)16-19(18)26/h6-9,16H,10-15H2,1-5H3. The number of likely N-dealkylation sites (N-methyl/N-ethyl adjacent to an activating group) is 1. The topological polar surface area (TPSA) is 54.8 Å². The smallest absolute Gasteiger partial charge is 0.256 e. The fourth-order valence-electron chi connectivity index (χ4n) is 5.04. The van der Waals surface area contributed by atoms with E-state index in [0.717, 1.165) is 37.3 Å². The molecule has 2 aromatic rings. The van der Waals surface area contributed by atoms with Crippen molar-refractivity contribution in [1.29, 1.82) is 0 Å². The molecule has 172 valence electrons. The van der Waals surface area contributed by atoms with E-state index in [4.69, 9.17) is 4.74 Å². The van der Waals surface area contributed by atoms with Gasteiger partial charge in [0.2, 0.25) is 0 Å². The summed E-state index contributed by atoms with van der Waals surface area (Å²) < 4.78 is 21.7. The summed E-state index contributed by atoms with van der Waals surface area (Å²) in [5.41, 5.74) is 1.30. The quantitative estimate of drug-likeness (QED) is 0.677. The molecule has 1 saturated heterocycles. The summed E-state index contributed by atoms with van der Waals surface area (Å²) in [5, 5.41) is 0. The number of fused-ring (bicyclic) bond motifs is 2. The van der Waals surface area contributed by atoms with Gasteiger partial charge in [-0.25, -0.2) is 4.39 Å². The molecule has 0 atom stereocenters. The van der Waals surface area contributed by atoms with E-state index in [0.29, 0.717) is 18.8 Å². The second-order valence-corrected chi connectivity index (χ2v) is 9.93. The Morgan fingerprint density at radius 3 is 2.31 bits per heavy atom. The Hall–Kier alpha value is -2.67. The van der Waals surface area contributed by atoms with Crippen LogP contribution in [0, 0.1) is 11.2 Å². The number of ether oxygens (including phenoxy) is 1. The summed E-state index contributed by atoms with van der Waals surface area (Å²) in [4.78, 5) is 30.1. The summed E-state index contributed by atoms with van der Waals surface area (Å²) in [6.07, 6.45) is 1.47. The summed E-state index contributed by atoms with van der Waals surface area (Å²) in [5.74, 6) is -0.325. The SMILES string of the molecule is COc1ccc(C(=O)N2CCC3(CC2)c2ccc(C(=O)C(C)(C)C)n2CCN3C)c(F)c1. The van der Waals surface area contributed by atoms with Gasteiger partial charge in [0.05, 0.1) is 23.9 Å². The summed E-state index contributed by atoms with van der Waals surface area (Å²) in [6, 6.07) is 8.37. The van der Waals surface area contributed by atoms with Crippen molar-refractivity contribution < 1.29 is 18.7 Å². The molecule has 4 rings (SSSR count). The van der Waals surface area contributed by atoms with Crippen molar-refractivity contribution in [2.45, 2.75) is 45.7 Å². The van der Waals surface area contributed by atoms with Gasteiger partial charge in [0, 0.05) is 43.4 Å². The van der Waals surface area contributed by atoms with Crippen LogP contribution in [-0.4, -0.2) is 59.8 Å².